The molecule has 0 spiro atoms. The molecule has 1 saturated heterocycles. The van der Waals surface area contributed by atoms with Gasteiger partial charge in [0, 0.05) is 0 Å². The van der Waals surface area contributed by atoms with E-state index in [0.29, 0.717) is 6.61 Å². The molecule has 1 aliphatic rings. The van der Waals surface area contributed by atoms with Gasteiger partial charge in [-0.05, 0) is 32.2 Å². The van der Waals surface area contributed by atoms with Gasteiger partial charge in [0.1, 0.15) is 0 Å². The first-order chi connectivity index (χ1) is 8.83. The molecule has 1 atom stereocenters. The SMILES string of the molecule is CCCCCCCCOC(=O)OC1CCCCN1. The van der Waals surface area contributed by atoms with E-state index in [9.17, 15) is 4.79 Å². The molecule has 1 unspecified atom stereocenters. The third-order valence-corrected chi connectivity index (χ3v) is 3.22. The smallest absolute Gasteiger partial charge is 0.434 e. The Kier molecular flexibility index (Phi) is 8.65. The number of piperidine rings is 1. The van der Waals surface area contributed by atoms with Gasteiger partial charge in [-0.1, -0.05) is 39.0 Å². The van der Waals surface area contributed by atoms with Crippen molar-refractivity contribution in [3.63, 3.8) is 0 Å². The Morgan fingerprint density at radius 3 is 2.67 bits per heavy atom. The molecule has 0 aromatic carbocycles. The van der Waals surface area contributed by atoms with Crippen LogP contribution in [0.4, 0.5) is 4.79 Å². The van der Waals surface area contributed by atoms with Gasteiger partial charge in [-0.2, -0.15) is 0 Å². The zero-order chi connectivity index (χ0) is 13.1. The number of nitrogens with one attached hydrogen (secondary N) is 1. The minimum atomic E-state index is -0.525. The quantitative estimate of drug-likeness (QED) is 0.533. The van der Waals surface area contributed by atoms with Crippen LogP contribution in [0.1, 0.15) is 64.7 Å². The first kappa shape index (κ1) is 15.3. The van der Waals surface area contributed by atoms with Crippen LogP contribution in [0.5, 0.6) is 0 Å². The topological polar surface area (TPSA) is 47.6 Å². The fraction of sp³-hybridized carbons (Fsp3) is 0.929. The van der Waals surface area contributed by atoms with E-state index < -0.39 is 6.16 Å². The van der Waals surface area contributed by atoms with Crippen LogP contribution >= 0.6 is 0 Å². The predicted molar refractivity (Wildman–Crippen MR) is 71.5 cm³/mol. The maximum atomic E-state index is 11.4. The average Bonchev–Trinajstić information content (AvgIpc) is 2.39. The van der Waals surface area contributed by atoms with E-state index >= 15 is 0 Å². The van der Waals surface area contributed by atoms with Crippen molar-refractivity contribution in [2.24, 2.45) is 0 Å². The largest absolute Gasteiger partial charge is 0.509 e. The fourth-order valence-corrected chi connectivity index (χ4v) is 2.11. The highest BCUT2D eigenvalue weighted by Gasteiger charge is 2.17. The second-order valence-electron chi connectivity index (χ2n) is 4.92. The summed E-state index contributed by atoms with van der Waals surface area (Å²) in [5.74, 6) is 0. The highest BCUT2D eigenvalue weighted by atomic mass is 16.7. The van der Waals surface area contributed by atoms with E-state index in [-0.39, 0.29) is 6.23 Å². The molecule has 4 nitrogen and oxygen atoms in total. The van der Waals surface area contributed by atoms with Crippen molar-refractivity contribution in [1.29, 1.82) is 0 Å². The summed E-state index contributed by atoms with van der Waals surface area (Å²) in [6.07, 6.45) is 9.66. The van der Waals surface area contributed by atoms with Gasteiger partial charge in [0.15, 0.2) is 6.23 Å². The molecular formula is C14H27NO3. The summed E-state index contributed by atoms with van der Waals surface area (Å²) >= 11 is 0. The molecule has 18 heavy (non-hydrogen) atoms. The number of ether oxygens (including phenoxy) is 2. The van der Waals surface area contributed by atoms with E-state index in [2.05, 4.69) is 12.2 Å². The molecule has 4 heteroatoms. The van der Waals surface area contributed by atoms with Crippen molar-refractivity contribution in [3.05, 3.63) is 0 Å². The van der Waals surface area contributed by atoms with Gasteiger partial charge in [-0.15, -0.1) is 0 Å². The summed E-state index contributed by atoms with van der Waals surface area (Å²) in [4.78, 5) is 11.4. The lowest BCUT2D eigenvalue weighted by Gasteiger charge is -2.22. The molecule has 0 amide bonds. The summed E-state index contributed by atoms with van der Waals surface area (Å²) in [5, 5.41) is 3.15. The second kappa shape index (κ2) is 10.2. The lowest BCUT2D eigenvalue weighted by atomic mass is 10.1. The molecule has 0 aromatic rings. The van der Waals surface area contributed by atoms with Crippen LogP contribution in [-0.4, -0.2) is 25.5 Å². The normalized spacial score (nSPS) is 19.5. The first-order valence-corrected chi connectivity index (χ1v) is 7.39. The van der Waals surface area contributed by atoms with Gasteiger partial charge in [0.25, 0.3) is 0 Å². The molecule has 0 bridgehead atoms. The number of hydrogen-bond donors (Lipinski definition) is 1. The molecule has 0 saturated carbocycles. The van der Waals surface area contributed by atoms with Crippen LogP contribution in [0.15, 0.2) is 0 Å². The Balaban J connectivity index is 1.90. The minimum absolute atomic E-state index is 0.143. The number of carbonyl (C=O) groups excluding carboxylic acids is 1. The Labute approximate surface area is 110 Å². The lowest BCUT2D eigenvalue weighted by Crippen LogP contribution is -2.37. The van der Waals surface area contributed by atoms with Crippen LogP contribution in [-0.2, 0) is 9.47 Å². The van der Waals surface area contributed by atoms with Crippen LogP contribution in [0.2, 0.25) is 0 Å². The molecule has 1 heterocycles. The van der Waals surface area contributed by atoms with Crippen LogP contribution < -0.4 is 5.32 Å². The standard InChI is InChI=1S/C14H27NO3/c1-2-3-4-5-6-9-12-17-14(16)18-13-10-7-8-11-15-13/h13,15H,2-12H2,1H3. The summed E-state index contributed by atoms with van der Waals surface area (Å²) in [5.41, 5.74) is 0. The van der Waals surface area contributed by atoms with Gasteiger partial charge < -0.3 is 9.47 Å². The number of unbranched alkanes of at least 4 members (excludes halogenated alkanes) is 5. The molecule has 106 valence electrons. The van der Waals surface area contributed by atoms with Gasteiger partial charge in [0.05, 0.1) is 6.61 Å². The zero-order valence-electron chi connectivity index (χ0n) is 11.6. The molecule has 1 aliphatic heterocycles. The maximum Gasteiger partial charge on any atom is 0.509 e. The van der Waals surface area contributed by atoms with Crippen LogP contribution in [0, 0.1) is 0 Å². The molecular weight excluding hydrogens is 230 g/mol. The Hall–Kier alpha value is -0.770. The van der Waals surface area contributed by atoms with E-state index in [1.807, 2.05) is 0 Å². The van der Waals surface area contributed by atoms with Gasteiger partial charge in [-0.25, -0.2) is 4.79 Å². The summed E-state index contributed by atoms with van der Waals surface area (Å²) < 4.78 is 10.2. The summed E-state index contributed by atoms with van der Waals surface area (Å²) in [6, 6.07) is 0. The van der Waals surface area contributed by atoms with Gasteiger partial charge in [-0.3, -0.25) is 5.32 Å². The van der Waals surface area contributed by atoms with E-state index in [1.54, 1.807) is 0 Å². The number of rotatable bonds is 8. The van der Waals surface area contributed by atoms with E-state index in [1.165, 1.54) is 25.7 Å². The Bertz CT molecular complexity index is 215. The highest BCUT2D eigenvalue weighted by molar-refractivity contribution is 5.60. The number of hydrogen-bond acceptors (Lipinski definition) is 4. The number of carbonyl (C=O) groups is 1. The van der Waals surface area contributed by atoms with Gasteiger partial charge >= 0.3 is 6.16 Å². The summed E-state index contributed by atoms with van der Waals surface area (Å²) in [7, 11) is 0. The molecule has 0 aliphatic carbocycles. The zero-order valence-corrected chi connectivity index (χ0v) is 11.6. The molecule has 1 fully saturated rings. The molecule has 1 rings (SSSR count). The second-order valence-corrected chi connectivity index (χ2v) is 4.92. The minimum Gasteiger partial charge on any atom is -0.434 e. The third kappa shape index (κ3) is 7.54. The maximum absolute atomic E-state index is 11.4. The van der Waals surface area contributed by atoms with Crippen molar-refractivity contribution in [2.75, 3.05) is 13.2 Å². The predicted octanol–water partition coefficient (Wildman–Crippen LogP) is 3.60. The van der Waals surface area contributed by atoms with E-state index in [4.69, 9.17) is 9.47 Å². The molecule has 0 radical (unpaired) electrons. The summed E-state index contributed by atoms with van der Waals surface area (Å²) in [6.45, 7) is 3.62. The van der Waals surface area contributed by atoms with Crippen molar-refractivity contribution >= 4 is 6.16 Å². The van der Waals surface area contributed by atoms with Crippen LogP contribution in [0.3, 0.4) is 0 Å². The Morgan fingerprint density at radius 1 is 1.17 bits per heavy atom. The van der Waals surface area contributed by atoms with Crippen LogP contribution in [0.25, 0.3) is 0 Å². The van der Waals surface area contributed by atoms with E-state index in [0.717, 1.165) is 38.6 Å². The van der Waals surface area contributed by atoms with Crippen molar-refractivity contribution < 1.29 is 14.3 Å². The van der Waals surface area contributed by atoms with Crippen molar-refractivity contribution in [2.45, 2.75) is 70.9 Å². The first-order valence-electron chi connectivity index (χ1n) is 7.39. The van der Waals surface area contributed by atoms with Crippen molar-refractivity contribution in [3.8, 4) is 0 Å². The highest BCUT2D eigenvalue weighted by Crippen LogP contribution is 2.09. The molecule has 1 N–H and O–H groups in total. The van der Waals surface area contributed by atoms with Gasteiger partial charge in [0.2, 0.25) is 0 Å². The fourth-order valence-electron chi connectivity index (χ4n) is 2.11. The monoisotopic (exact) mass is 257 g/mol. The van der Waals surface area contributed by atoms with Crippen molar-refractivity contribution in [1.82, 2.24) is 5.32 Å². The lowest BCUT2D eigenvalue weighted by molar-refractivity contribution is 0.00166. The Morgan fingerprint density at radius 2 is 1.94 bits per heavy atom. The average molecular weight is 257 g/mol. The molecule has 0 aromatic heterocycles. The third-order valence-electron chi connectivity index (χ3n) is 3.22.